The number of hydrogen-bond donors (Lipinski definition) is 2. The van der Waals surface area contributed by atoms with Gasteiger partial charge in [-0.25, -0.2) is 0 Å². The molecule has 0 aromatic carbocycles. The van der Waals surface area contributed by atoms with Crippen LogP contribution in [0.1, 0.15) is 12.8 Å². The first-order valence-corrected chi connectivity index (χ1v) is 4.21. The Morgan fingerprint density at radius 3 is 2.27 bits per heavy atom. The van der Waals surface area contributed by atoms with Gasteiger partial charge in [-0.05, 0) is 37.8 Å². The van der Waals surface area contributed by atoms with Gasteiger partial charge in [-0.3, -0.25) is 4.79 Å². The molecular weight excluding hydrogens is 142 g/mol. The van der Waals surface area contributed by atoms with Crippen molar-refractivity contribution in [3.8, 4) is 0 Å². The van der Waals surface area contributed by atoms with Gasteiger partial charge in [-0.2, -0.15) is 0 Å². The summed E-state index contributed by atoms with van der Waals surface area (Å²) in [6, 6.07) is 0. The van der Waals surface area contributed by atoms with Gasteiger partial charge in [0.15, 0.2) is 0 Å². The van der Waals surface area contributed by atoms with E-state index >= 15 is 0 Å². The van der Waals surface area contributed by atoms with Crippen molar-refractivity contribution in [2.75, 3.05) is 13.1 Å². The number of hydrogen-bond acceptors (Lipinski definition) is 2. The Bertz CT molecular complexity index is 169. The molecule has 2 rings (SSSR count). The van der Waals surface area contributed by atoms with E-state index in [-0.39, 0.29) is 5.92 Å². The van der Waals surface area contributed by atoms with Crippen LogP contribution in [0.25, 0.3) is 0 Å². The highest BCUT2D eigenvalue weighted by atomic mass is 16.4. The monoisotopic (exact) mass is 155 g/mol. The van der Waals surface area contributed by atoms with E-state index in [1.54, 1.807) is 0 Å². The Labute approximate surface area is 65.8 Å². The molecule has 0 unspecified atom stereocenters. The van der Waals surface area contributed by atoms with Crippen LogP contribution in [0.5, 0.6) is 0 Å². The van der Waals surface area contributed by atoms with Crippen molar-refractivity contribution in [2.45, 2.75) is 12.8 Å². The van der Waals surface area contributed by atoms with Crippen molar-refractivity contribution >= 4 is 5.97 Å². The maximum Gasteiger partial charge on any atom is 0.306 e. The van der Waals surface area contributed by atoms with E-state index in [2.05, 4.69) is 5.32 Å². The van der Waals surface area contributed by atoms with Crippen molar-refractivity contribution in [3.63, 3.8) is 0 Å². The Kier molecular flexibility index (Phi) is 1.60. The van der Waals surface area contributed by atoms with Gasteiger partial charge < -0.3 is 10.4 Å². The first kappa shape index (κ1) is 7.10. The highest BCUT2D eigenvalue weighted by Gasteiger charge is 2.40. The topological polar surface area (TPSA) is 49.3 Å². The second kappa shape index (κ2) is 2.48. The van der Waals surface area contributed by atoms with Gasteiger partial charge in [-0.15, -0.1) is 0 Å². The Balaban J connectivity index is 1.99. The molecule has 2 N–H and O–H groups in total. The normalized spacial score (nSPS) is 42.4. The SMILES string of the molecule is O=C(O)[C@@H]1C[C@H]2CNC[C@H]2C1. The molecule has 1 aliphatic heterocycles. The average Bonchev–Trinajstić information content (AvgIpc) is 2.40. The number of fused-ring (bicyclic) bond motifs is 1. The zero-order valence-corrected chi connectivity index (χ0v) is 6.42. The van der Waals surface area contributed by atoms with E-state index in [9.17, 15) is 4.79 Å². The second-order valence-electron chi connectivity index (χ2n) is 3.68. The van der Waals surface area contributed by atoms with Crippen molar-refractivity contribution in [3.05, 3.63) is 0 Å². The summed E-state index contributed by atoms with van der Waals surface area (Å²) in [6.07, 6.45) is 1.79. The molecule has 0 aromatic heterocycles. The van der Waals surface area contributed by atoms with Crippen LogP contribution >= 0.6 is 0 Å². The smallest absolute Gasteiger partial charge is 0.306 e. The molecule has 3 atom stereocenters. The minimum absolute atomic E-state index is 0.0490. The third-order valence-electron chi connectivity index (χ3n) is 3.00. The largest absolute Gasteiger partial charge is 0.481 e. The lowest BCUT2D eigenvalue weighted by atomic mass is 10.0. The minimum atomic E-state index is -0.598. The lowest BCUT2D eigenvalue weighted by molar-refractivity contribution is -0.141. The molecule has 2 aliphatic rings. The van der Waals surface area contributed by atoms with Crippen LogP contribution in [0.4, 0.5) is 0 Å². The predicted octanol–water partition coefficient (Wildman–Crippen LogP) is 0.317. The van der Waals surface area contributed by atoms with Crippen LogP contribution in [0.15, 0.2) is 0 Å². The van der Waals surface area contributed by atoms with Gasteiger partial charge in [0.1, 0.15) is 0 Å². The Morgan fingerprint density at radius 2 is 1.82 bits per heavy atom. The third kappa shape index (κ3) is 1.13. The van der Waals surface area contributed by atoms with Crippen LogP contribution in [0.2, 0.25) is 0 Å². The van der Waals surface area contributed by atoms with Crippen LogP contribution in [-0.4, -0.2) is 24.2 Å². The molecule has 0 spiro atoms. The molecule has 0 radical (unpaired) electrons. The van der Waals surface area contributed by atoms with E-state index < -0.39 is 5.97 Å². The molecule has 1 heterocycles. The van der Waals surface area contributed by atoms with Gasteiger partial charge in [-0.1, -0.05) is 0 Å². The lowest BCUT2D eigenvalue weighted by Gasteiger charge is -2.03. The maximum absolute atomic E-state index is 10.6. The molecule has 1 aliphatic carbocycles. The molecule has 2 fully saturated rings. The molecule has 1 saturated carbocycles. The molecule has 62 valence electrons. The summed E-state index contributed by atoms with van der Waals surface area (Å²) in [4.78, 5) is 10.6. The van der Waals surface area contributed by atoms with E-state index in [0.717, 1.165) is 25.9 Å². The fourth-order valence-corrected chi connectivity index (χ4v) is 2.37. The molecule has 1 saturated heterocycles. The average molecular weight is 155 g/mol. The first-order valence-electron chi connectivity index (χ1n) is 4.21. The third-order valence-corrected chi connectivity index (χ3v) is 3.00. The fourth-order valence-electron chi connectivity index (χ4n) is 2.37. The second-order valence-corrected chi connectivity index (χ2v) is 3.68. The summed E-state index contributed by atoms with van der Waals surface area (Å²) >= 11 is 0. The van der Waals surface area contributed by atoms with Crippen LogP contribution in [-0.2, 0) is 4.79 Å². The van der Waals surface area contributed by atoms with E-state index in [0.29, 0.717) is 11.8 Å². The number of carbonyl (C=O) groups is 1. The van der Waals surface area contributed by atoms with Crippen molar-refractivity contribution in [1.82, 2.24) is 5.32 Å². The highest BCUT2D eigenvalue weighted by Crippen LogP contribution is 2.38. The summed E-state index contributed by atoms with van der Waals surface area (Å²) in [5, 5.41) is 12.0. The maximum atomic E-state index is 10.6. The summed E-state index contributed by atoms with van der Waals surface area (Å²) in [5.41, 5.74) is 0. The van der Waals surface area contributed by atoms with Crippen LogP contribution in [0.3, 0.4) is 0 Å². The molecular formula is C8H13NO2. The molecule has 0 aromatic rings. The molecule has 0 amide bonds. The Hall–Kier alpha value is -0.570. The van der Waals surface area contributed by atoms with Crippen molar-refractivity contribution in [1.29, 1.82) is 0 Å². The minimum Gasteiger partial charge on any atom is -0.481 e. The van der Waals surface area contributed by atoms with Gasteiger partial charge in [0.05, 0.1) is 5.92 Å². The van der Waals surface area contributed by atoms with Crippen molar-refractivity contribution < 1.29 is 9.90 Å². The van der Waals surface area contributed by atoms with Gasteiger partial charge >= 0.3 is 5.97 Å². The van der Waals surface area contributed by atoms with Crippen LogP contribution < -0.4 is 5.32 Å². The molecule has 3 nitrogen and oxygen atoms in total. The summed E-state index contributed by atoms with van der Waals surface area (Å²) in [5.74, 6) is 0.652. The standard InChI is InChI=1S/C8H13NO2/c10-8(11)5-1-6-3-9-4-7(6)2-5/h5-7,9H,1-4H2,(H,10,11)/t5-,6+,7-. The zero-order valence-electron chi connectivity index (χ0n) is 6.42. The van der Waals surface area contributed by atoms with E-state index in [1.807, 2.05) is 0 Å². The lowest BCUT2D eigenvalue weighted by Crippen LogP contribution is -2.16. The summed E-state index contributed by atoms with van der Waals surface area (Å²) in [7, 11) is 0. The number of rotatable bonds is 1. The zero-order chi connectivity index (χ0) is 7.84. The summed E-state index contributed by atoms with van der Waals surface area (Å²) in [6.45, 7) is 2.07. The summed E-state index contributed by atoms with van der Waals surface area (Å²) < 4.78 is 0. The quantitative estimate of drug-likeness (QED) is 0.573. The number of carboxylic acids is 1. The molecule has 3 heteroatoms. The Morgan fingerprint density at radius 1 is 1.27 bits per heavy atom. The van der Waals surface area contributed by atoms with Crippen molar-refractivity contribution in [2.24, 2.45) is 17.8 Å². The number of nitrogens with one attached hydrogen (secondary N) is 1. The van der Waals surface area contributed by atoms with Gasteiger partial charge in [0, 0.05) is 0 Å². The van der Waals surface area contributed by atoms with E-state index in [4.69, 9.17) is 5.11 Å². The molecule has 11 heavy (non-hydrogen) atoms. The first-order chi connectivity index (χ1) is 5.27. The van der Waals surface area contributed by atoms with Gasteiger partial charge in [0.25, 0.3) is 0 Å². The number of aliphatic carboxylic acids is 1. The van der Waals surface area contributed by atoms with Gasteiger partial charge in [0.2, 0.25) is 0 Å². The van der Waals surface area contributed by atoms with Crippen LogP contribution in [0, 0.1) is 17.8 Å². The predicted molar refractivity (Wildman–Crippen MR) is 40.2 cm³/mol. The number of carboxylic acid groups (broad SMARTS) is 1. The highest BCUT2D eigenvalue weighted by molar-refractivity contribution is 5.70. The molecule has 0 bridgehead atoms. The fraction of sp³-hybridized carbons (Fsp3) is 0.875. The van der Waals surface area contributed by atoms with E-state index in [1.165, 1.54) is 0 Å².